The van der Waals surface area contributed by atoms with Gasteiger partial charge in [-0.15, -0.1) is 0 Å². The smallest absolute Gasteiger partial charge is 0.260 e. The van der Waals surface area contributed by atoms with Gasteiger partial charge in [0.1, 0.15) is 18.3 Å². The van der Waals surface area contributed by atoms with Crippen molar-refractivity contribution in [2.75, 3.05) is 6.61 Å². The lowest BCUT2D eigenvalue weighted by Gasteiger charge is -2.18. The molecule has 3 rings (SSSR count). The molecule has 4 atom stereocenters. The maximum atomic E-state index is 12.4. The monoisotopic (exact) mass is 277 g/mol. The van der Waals surface area contributed by atoms with Crippen molar-refractivity contribution in [3.8, 4) is 0 Å². The van der Waals surface area contributed by atoms with Crippen LogP contribution in [0.5, 0.6) is 0 Å². The molecule has 1 saturated heterocycles. The molecule has 0 bridgehead atoms. The van der Waals surface area contributed by atoms with Gasteiger partial charge in [0.05, 0.1) is 6.61 Å². The molecule has 1 aliphatic heterocycles. The first-order valence-corrected chi connectivity index (χ1v) is 6.36. The van der Waals surface area contributed by atoms with E-state index in [0.717, 1.165) is 5.39 Å². The van der Waals surface area contributed by atoms with E-state index in [4.69, 9.17) is 9.84 Å². The molecule has 0 radical (unpaired) electrons. The summed E-state index contributed by atoms with van der Waals surface area (Å²) in [4.78, 5) is 12.4. The zero-order chi connectivity index (χ0) is 14.3. The van der Waals surface area contributed by atoms with Crippen molar-refractivity contribution in [2.24, 2.45) is 0 Å². The third kappa shape index (κ3) is 1.94. The summed E-state index contributed by atoms with van der Waals surface area (Å²) in [5.74, 6) is 0. The summed E-state index contributed by atoms with van der Waals surface area (Å²) < 4.78 is 6.61. The Hall–Kier alpha value is -1.73. The molecule has 0 saturated carbocycles. The van der Waals surface area contributed by atoms with E-state index in [1.165, 1.54) is 10.8 Å². The van der Waals surface area contributed by atoms with E-state index < -0.39 is 31.1 Å². The Labute approximate surface area is 114 Å². The molecule has 0 aliphatic carbocycles. The highest BCUT2D eigenvalue weighted by atomic mass is 16.6. The van der Waals surface area contributed by atoms with E-state index in [2.05, 4.69) is 0 Å². The molecule has 0 spiro atoms. The third-order valence-corrected chi connectivity index (χ3v) is 3.63. The van der Waals surface area contributed by atoms with Crippen molar-refractivity contribution >= 4 is 10.8 Å². The zero-order valence-electron chi connectivity index (χ0n) is 10.6. The van der Waals surface area contributed by atoms with Crippen molar-refractivity contribution in [3.05, 3.63) is 46.9 Å². The van der Waals surface area contributed by atoms with Gasteiger partial charge in [-0.1, -0.05) is 18.2 Å². The van der Waals surface area contributed by atoms with E-state index in [-0.39, 0.29) is 5.56 Å². The first-order chi connectivity index (χ1) is 9.63. The number of rotatable bonds is 2. The molecule has 3 N–H and O–H groups in total. The highest BCUT2D eigenvalue weighted by Gasteiger charge is 2.43. The summed E-state index contributed by atoms with van der Waals surface area (Å²) in [7, 11) is 0. The zero-order valence-corrected chi connectivity index (χ0v) is 10.6. The average Bonchev–Trinajstić information content (AvgIpc) is 2.76. The van der Waals surface area contributed by atoms with Gasteiger partial charge in [-0.3, -0.25) is 9.36 Å². The Bertz CT molecular complexity index is 683. The van der Waals surface area contributed by atoms with Gasteiger partial charge in [0.15, 0.2) is 6.23 Å². The Morgan fingerprint density at radius 1 is 1.15 bits per heavy atom. The first-order valence-electron chi connectivity index (χ1n) is 6.36. The van der Waals surface area contributed by atoms with Crippen molar-refractivity contribution in [1.82, 2.24) is 4.57 Å². The molecular formula is C14H15NO5. The van der Waals surface area contributed by atoms with Crippen molar-refractivity contribution < 1.29 is 20.1 Å². The van der Waals surface area contributed by atoms with Gasteiger partial charge >= 0.3 is 0 Å². The number of fused-ring (bicyclic) bond motifs is 1. The van der Waals surface area contributed by atoms with Crippen LogP contribution in [0.25, 0.3) is 10.8 Å². The Balaban J connectivity index is 2.07. The van der Waals surface area contributed by atoms with Crippen LogP contribution in [-0.4, -0.2) is 44.8 Å². The number of nitrogens with zero attached hydrogens (tertiary/aromatic N) is 1. The summed E-state index contributed by atoms with van der Waals surface area (Å²) in [6.07, 6.45) is -2.85. The van der Waals surface area contributed by atoms with Crippen LogP contribution < -0.4 is 5.56 Å². The molecule has 20 heavy (non-hydrogen) atoms. The summed E-state index contributed by atoms with van der Waals surface area (Å²) >= 11 is 0. The molecule has 6 heteroatoms. The van der Waals surface area contributed by atoms with Gasteiger partial charge in [-0.05, 0) is 17.5 Å². The standard InChI is InChI=1S/C14H15NO5/c16-7-10-11(17)12(18)14(20-10)15-6-5-8-3-1-2-4-9(8)13(15)19/h1-6,10-12,14,16-18H,7H2/t10-,11-,12+,14-/m1/s1. The highest BCUT2D eigenvalue weighted by Crippen LogP contribution is 2.28. The van der Waals surface area contributed by atoms with E-state index >= 15 is 0 Å². The van der Waals surface area contributed by atoms with Crippen LogP contribution in [0.3, 0.4) is 0 Å². The highest BCUT2D eigenvalue weighted by molar-refractivity contribution is 5.81. The number of benzene rings is 1. The molecule has 1 fully saturated rings. The maximum Gasteiger partial charge on any atom is 0.260 e. The number of pyridine rings is 1. The summed E-state index contributed by atoms with van der Waals surface area (Å²) in [6, 6.07) is 8.84. The SMILES string of the molecule is O=c1c2ccccc2ccn1[C@@H]1O[C@H](CO)[C@@H](O)[C@@H]1O. The van der Waals surface area contributed by atoms with Crippen molar-refractivity contribution in [3.63, 3.8) is 0 Å². The van der Waals surface area contributed by atoms with E-state index in [0.29, 0.717) is 5.39 Å². The fourth-order valence-corrected chi connectivity index (χ4v) is 2.51. The molecule has 1 aromatic carbocycles. The van der Waals surface area contributed by atoms with Crippen LogP contribution in [-0.2, 0) is 4.74 Å². The molecule has 6 nitrogen and oxygen atoms in total. The van der Waals surface area contributed by atoms with Crippen LogP contribution in [0.4, 0.5) is 0 Å². The number of aliphatic hydroxyl groups is 3. The Kier molecular flexibility index (Phi) is 3.31. The minimum Gasteiger partial charge on any atom is -0.394 e. The number of aromatic nitrogens is 1. The second-order valence-corrected chi connectivity index (χ2v) is 4.84. The van der Waals surface area contributed by atoms with Crippen LogP contribution in [0.15, 0.2) is 41.3 Å². The average molecular weight is 277 g/mol. The fourth-order valence-electron chi connectivity index (χ4n) is 2.51. The molecule has 1 aromatic heterocycles. The van der Waals surface area contributed by atoms with Crippen molar-refractivity contribution in [1.29, 1.82) is 0 Å². The normalized spacial score (nSPS) is 29.9. The third-order valence-electron chi connectivity index (χ3n) is 3.63. The minimum atomic E-state index is -1.26. The lowest BCUT2D eigenvalue weighted by molar-refractivity contribution is -0.0541. The van der Waals surface area contributed by atoms with Gasteiger partial charge in [0.25, 0.3) is 5.56 Å². The van der Waals surface area contributed by atoms with E-state index in [9.17, 15) is 15.0 Å². The topological polar surface area (TPSA) is 91.9 Å². The van der Waals surface area contributed by atoms with Crippen LogP contribution in [0, 0.1) is 0 Å². The van der Waals surface area contributed by atoms with Crippen LogP contribution >= 0.6 is 0 Å². The number of aliphatic hydroxyl groups excluding tert-OH is 3. The van der Waals surface area contributed by atoms with Gasteiger partial charge < -0.3 is 20.1 Å². The fraction of sp³-hybridized carbons (Fsp3) is 0.357. The Morgan fingerprint density at radius 2 is 1.90 bits per heavy atom. The summed E-state index contributed by atoms with van der Waals surface area (Å²) in [5, 5.41) is 30.1. The molecular weight excluding hydrogens is 262 g/mol. The molecule has 1 aliphatic rings. The maximum absolute atomic E-state index is 12.4. The molecule has 106 valence electrons. The predicted octanol–water partition coefficient (Wildman–Crippen LogP) is -0.387. The van der Waals surface area contributed by atoms with Gasteiger partial charge in [0.2, 0.25) is 0 Å². The second kappa shape index (κ2) is 4.99. The molecule has 2 aromatic rings. The molecule has 0 unspecified atom stereocenters. The minimum absolute atomic E-state index is 0.307. The lowest BCUT2D eigenvalue weighted by Crippen LogP contribution is -2.35. The van der Waals surface area contributed by atoms with Crippen LogP contribution in [0.2, 0.25) is 0 Å². The predicted molar refractivity (Wildman–Crippen MR) is 71.2 cm³/mol. The largest absolute Gasteiger partial charge is 0.394 e. The summed E-state index contributed by atoms with van der Waals surface area (Å²) in [6.45, 7) is -0.420. The van der Waals surface area contributed by atoms with Crippen molar-refractivity contribution in [2.45, 2.75) is 24.5 Å². The van der Waals surface area contributed by atoms with E-state index in [1.807, 2.05) is 12.1 Å². The number of hydrogen-bond acceptors (Lipinski definition) is 5. The van der Waals surface area contributed by atoms with Gasteiger partial charge in [0, 0.05) is 11.6 Å². The first kappa shape index (κ1) is 13.3. The van der Waals surface area contributed by atoms with Crippen LogP contribution in [0.1, 0.15) is 6.23 Å². The van der Waals surface area contributed by atoms with Gasteiger partial charge in [-0.25, -0.2) is 0 Å². The number of hydrogen-bond donors (Lipinski definition) is 3. The second-order valence-electron chi connectivity index (χ2n) is 4.84. The van der Waals surface area contributed by atoms with E-state index in [1.54, 1.807) is 18.2 Å². The van der Waals surface area contributed by atoms with Gasteiger partial charge in [-0.2, -0.15) is 0 Å². The molecule has 2 heterocycles. The lowest BCUT2D eigenvalue weighted by atomic mass is 10.1. The summed E-state index contributed by atoms with van der Waals surface area (Å²) in [5.41, 5.74) is -0.307. The number of ether oxygens (including phenoxy) is 1. The quantitative estimate of drug-likeness (QED) is 0.695. The molecule has 0 amide bonds. The Morgan fingerprint density at radius 3 is 2.60 bits per heavy atom.